The first-order valence-electron chi connectivity index (χ1n) is 8.24. The second-order valence-corrected chi connectivity index (χ2v) is 6.42. The van der Waals surface area contributed by atoms with Crippen LogP contribution in [-0.2, 0) is 4.74 Å². The molecule has 2 N–H and O–H groups in total. The minimum absolute atomic E-state index is 0.00966. The predicted octanol–water partition coefficient (Wildman–Crippen LogP) is 5.47. The molecule has 0 unspecified atom stereocenters. The first-order chi connectivity index (χ1) is 13.5. The van der Waals surface area contributed by atoms with Crippen LogP contribution in [0.15, 0.2) is 53.1 Å². The van der Waals surface area contributed by atoms with Crippen molar-refractivity contribution in [3.05, 3.63) is 64.1 Å². The topological polar surface area (TPSA) is 93.5 Å². The van der Waals surface area contributed by atoms with E-state index < -0.39 is 12.0 Å². The molecule has 0 atom stereocenters. The van der Waals surface area contributed by atoms with Gasteiger partial charge in [-0.1, -0.05) is 40.5 Å². The molecule has 0 saturated carbocycles. The van der Waals surface area contributed by atoms with Gasteiger partial charge in [-0.3, -0.25) is 5.32 Å². The van der Waals surface area contributed by atoms with Crippen LogP contribution in [0.2, 0.25) is 10.0 Å². The van der Waals surface area contributed by atoms with Crippen LogP contribution >= 0.6 is 23.2 Å². The van der Waals surface area contributed by atoms with Gasteiger partial charge in [0.25, 0.3) is 0 Å². The summed E-state index contributed by atoms with van der Waals surface area (Å²) in [7, 11) is 0. The number of nitrogens with zero attached hydrogens (tertiary/aromatic N) is 1. The van der Waals surface area contributed by atoms with E-state index in [1.807, 2.05) is 0 Å². The van der Waals surface area contributed by atoms with Crippen LogP contribution in [0.1, 0.15) is 17.3 Å². The number of benzene rings is 2. The maximum absolute atomic E-state index is 12.4. The summed E-state index contributed by atoms with van der Waals surface area (Å²) in [5, 5.41) is 10.1. The summed E-state index contributed by atoms with van der Waals surface area (Å²) < 4.78 is 10.3. The number of nitrogens with one attached hydrogen (secondary N) is 2. The molecule has 9 heteroatoms. The summed E-state index contributed by atoms with van der Waals surface area (Å²) in [6, 6.07) is 12.6. The fourth-order valence-corrected chi connectivity index (χ4v) is 2.62. The molecule has 0 bridgehead atoms. The van der Waals surface area contributed by atoms with E-state index >= 15 is 0 Å². The molecule has 0 fully saturated rings. The third-order valence-corrected chi connectivity index (χ3v) is 4.12. The molecular weight excluding hydrogens is 405 g/mol. The highest BCUT2D eigenvalue weighted by Gasteiger charge is 2.26. The van der Waals surface area contributed by atoms with E-state index in [0.29, 0.717) is 21.3 Å². The van der Waals surface area contributed by atoms with E-state index in [1.165, 1.54) is 0 Å². The van der Waals surface area contributed by atoms with Crippen LogP contribution in [0.5, 0.6) is 0 Å². The molecule has 0 saturated heterocycles. The number of esters is 1. The van der Waals surface area contributed by atoms with Crippen LogP contribution in [0.3, 0.4) is 0 Å². The molecular formula is C19H15Cl2N3O4. The fourth-order valence-electron chi connectivity index (χ4n) is 2.37. The Bertz CT molecular complexity index is 985. The van der Waals surface area contributed by atoms with Crippen LogP contribution < -0.4 is 10.6 Å². The standard InChI is InChI=1S/C19H15Cl2N3O4/c1-2-27-18(25)15-16(11-3-5-12(20)6-4-11)24-28-17(15)23-19(26)22-14-9-7-13(21)8-10-14/h3-10H,2H2,1H3,(H2,22,23,26). The van der Waals surface area contributed by atoms with E-state index in [0.717, 1.165) is 0 Å². The van der Waals surface area contributed by atoms with Gasteiger partial charge in [0.2, 0.25) is 5.88 Å². The molecule has 0 aliphatic heterocycles. The van der Waals surface area contributed by atoms with Gasteiger partial charge in [-0.05, 0) is 43.3 Å². The molecule has 0 radical (unpaired) electrons. The minimum atomic E-state index is -0.671. The first kappa shape index (κ1) is 19.7. The highest BCUT2D eigenvalue weighted by molar-refractivity contribution is 6.31. The number of ether oxygens (including phenoxy) is 1. The number of rotatable bonds is 5. The molecule has 1 heterocycles. The van der Waals surface area contributed by atoms with Gasteiger partial charge in [0, 0.05) is 21.3 Å². The number of hydrogen-bond donors (Lipinski definition) is 2. The highest BCUT2D eigenvalue weighted by atomic mass is 35.5. The Kier molecular flexibility index (Phi) is 6.18. The molecule has 28 heavy (non-hydrogen) atoms. The summed E-state index contributed by atoms with van der Waals surface area (Å²) in [5.41, 5.74) is 1.34. The van der Waals surface area contributed by atoms with Gasteiger partial charge in [-0.15, -0.1) is 0 Å². The number of hydrogen-bond acceptors (Lipinski definition) is 5. The lowest BCUT2D eigenvalue weighted by atomic mass is 10.1. The lowest BCUT2D eigenvalue weighted by Crippen LogP contribution is -2.20. The molecule has 0 aliphatic carbocycles. The van der Waals surface area contributed by atoms with Crippen molar-refractivity contribution < 1.29 is 18.8 Å². The SMILES string of the molecule is CCOC(=O)c1c(-c2ccc(Cl)cc2)noc1NC(=O)Nc1ccc(Cl)cc1. The molecule has 7 nitrogen and oxygen atoms in total. The van der Waals surface area contributed by atoms with Crippen molar-refractivity contribution in [1.29, 1.82) is 0 Å². The zero-order valence-electron chi connectivity index (χ0n) is 14.7. The van der Waals surface area contributed by atoms with Gasteiger partial charge in [0.15, 0.2) is 5.56 Å². The number of aromatic nitrogens is 1. The van der Waals surface area contributed by atoms with Crippen LogP contribution in [0.25, 0.3) is 11.3 Å². The number of halogens is 2. The van der Waals surface area contributed by atoms with Gasteiger partial charge in [-0.2, -0.15) is 0 Å². The van der Waals surface area contributed by atoms with Crippen molar-refractivity contribution in [3.8, 4) is 11.3 Å². The maximum Gasteiger partial charge on any atom is 0.346 e. The lowest BCUT2D eigenvalue weighted by Gasteiger charge is -2.07. The minimum Gasteiger partial charge on any atom is -0.462 e. The van der Waals surface area contributed by atoms with Crippen molar-refractivity contribution in [1.82, 2.24) is 5.16 Å². The van der Waals surface area contributed by atoms with E-state index in [9.17, 15) is 9.59 Å². The largest absolute Gasteiger partial charge is 0.462 e. The third-order valence-electron chi connectivity index (χ3n) is 3.62. The van der Waals surface area contributed by atoms with Crippen molar-refractivity contribution in [2.75, 3.05) is 17.2 Å². The molecule has 2 aromatic carbocycles. The Morgan fingerprint density at radius 1 is 1.00 bits per heavy atom. The van der Waals surface area contributed by atoms with E-state index in [4.69, 9.17) is 32.5 Å². The van der Waals surface area contributed by atoms with Crippen LogP contribution in [-0.4, -0.2) is 23.8 Å². The van der Waals surface area contributed by atoms with E-state index in [1.54, 1.807) is 55.5 Å². The first-order valence-corrected chi connectivity index (χ1v) is 9.00. The second-order valence-electron chi connectivity index (χ2n) is 5.55. The van der Waals surface area contributed by atoms with Crippen molar-refractivity contribution >= 4 is 46.8 Å². The number of carbonyl (C=O) groups is 2. The van der Waals surface area contributed by atoms with Gasteiger partial charge >= 0.3 is 12.0 Å². The van der Waals surface area contributed by atoms with E-state index in [-0.39, 0.29) is 23.7 Å². The molecule has 1 aromatic heterocycles. The molecule has 0 spiro atoms. The lowest BCUT2D eigenvalue weighted by molar-refractivity contribution is 0.0528. The number of amides is 2. The monoisotopic (exact) mass is 419 g/mol. The molecule has 2 amide bonds. The summed E-state index contributed by atoms with van der Waals surface area (Å²) in [6.07, 6.45) is 0. The number of carbonyl (C=O) groups excluding carboxylic acids is 2. The zero-order valence-corrected chi connectivity index (χ0v) is 16.2. The average molecular weight is 420 g/mol. The van der Waals surface area contributed by atoms with Crippen LogP contribution in [0.4, 0.5) is 16.4 Å². The molecule has 3 rings (SSSR count). The average Bonchev–Trinajstić information content (AvgIpc) is 3.08. The maximum atomic E-state index is 12.4. The Morgan fingerprint density at radius 2 is 1.61 bits per heavy atom. The van der Waals surface area contributed by atoms with Gasteiger partial charge < -0.3 is 14.6 Å². The van der Waals surface area contributed by atoms with E-state index in [2.05, 4.69) is 15.8 Å². The number of urea groups is 1. The fraction of sp³-hybridized carbons (Fsp3) is 0.105. The van der Waals surface area contributed by atoms with Gasteiger partial charge in [0.1, 0.15) is 5.69 Å². The predicted molar refractivity (Wildman–Crippen MR) is 107 cm³/mol. The summed E-state index contributed by atoms with van der Waals surface area (Å²) in [5.74, 6) is -0.801. The van der Waals surface area contributed by atoms with Crippen molar-refractivity contribution in [2.45, 2.75) is 6.92 Å². The third kappa shape index (κ3) is 4.62. The molecule has 3 aromatic rings. The zero-order chi connectivity index (χ0) is 20.1. The Balaban J connectivity index is 1.87. The van der Waals surface area contributed by atoms with Crippen LogP contribution in [0, 0.1) is 0 Å². The normalized spacial score (nSPS) is 10.4. The van der Waals surface area contributed by atoms with Crippen molar-refractivity contribution in [2.24, 2.45) is 0 Å². The smallest absolute Gasteiger partial charge is 0.346 e. The summed E-state index contributed by atoms with van der Waals surface area (Å²) in [6.45, 7) is 1.83. The van der Waals surface area contributed by atoms with Gasteiger partial charge in [0.05, 0.1) is 6.61 Å². The summed E-state index contributed by atoms with van der Waals surface area (Å²) in [4.78, 5) is 24.7. The Morgan fingerprint density at radius 3 is 2.21 bits per heavy atom. The second kappa shape index (κ2) is 8.77. The quantitative estimate of drug-likeness (QED) is 0.534. The molecule has 144 valence electrons. The Hall–Kier alpha value is -3.03. The highest BCUT2D eigenvalue weighted by Crippen LogP contribution is 2.30. The van der Waals surface area contributed by atoms with Gasteiger partial charge in [-0.25, -0.2) is 9.59 Å². The Labute approximate surface area is 170 Å². The molecule has 0 aliphatic rings. The van der Waals surface area contributed by atoms with Crippen molar-refractivity contribution in [3.63, 3.8) is 0 Å². The summed E-state index contributed by atoms with van der Waals surface area (Å²) >= 11 is 11.7. The number of anilines is 2.